The van der Waals surface area contributed by atoms with E-state index in [1.807, 2.05) is 32.0 Å². The Labute approximate surface area is 140 Å². The van der Waals surface area contributed by atoms with Gasteiger partial charge >= 0.3 is 5.97 Å². The fraction of sp³-hybridized carbons (Fsp3) is 0.200. The number of allylic oxidation sites excluding steroid dienone is 1. The summed E-state index contributed by atoms with van der Waals surface area (Å²) in [5.41, 5.74) is 3.17. The molecule has 24 heavy (non-hydrogen) atoms. The van der Waals surface area contributed by atoms with E-state index in [4.69, 9.17) is 0 Å². The molecule has 3 rings (SSSR count). The minimum atomic E-state index is -0.944. The number of carboxylic acids is 1. The second kappa shape index (κ2) is 5.96. The molecule has 0 bridgehead atoms. The molecule has 1 heterocycles. The zero-order chi connectivity index (χ0) is 17.3. The van der Waals surface area contributed by atoms with E-state index in [9.17, 15) is 14.7 Å². The van der Waals surface area contributed by atoms with Crippen molar-refractivity contribution in [2.24, 2.45) is 0 Å². The second-order valence-corrected chi connectivity index (χ2v) is 6.65. The first-order valence-electron chi connectivity index (χ1n) is 7.82. The molecule has 1 aliphatic rings. The number of carbonyl (C=O) groups is 2. The van der Waals surface area contributed by atoms with Crippen molar-refractivity contribution in [3.63, 3.8) is 0 Å². The van der Waals surface area contributed by atoms with Crippen molar-refractivity contribution in [1.29, 1.82) is 0 Å². The van der Waals surface area contributed by atoms with E-state index < -0.39 is 5.97 Å². The number of fused-ring (bicyclic) bond motifs is 1. The van der Waals surface area contributed by atoms with Crippen LogP contribution >= 0.6 is 0 Å². The quantitative estimate of drug-likeness (QED) is 0.670. The van der Waals surface area contributed by atoms with Crippen molar-refractivity contribution in [3.8, 4) is 0 Å². The van der Waals surface area contributed by atoms with Crippen LogP contribution in [0.2, 0.25) is 0 Å². The predicted octanol–water partition coefficient (Wildman–Crippen LogP) is 3.53. The summed E-state index contributed by atoms with van der Waals surface area (Å²) < 4.78 is 0. The van der Waals surface area contributed by atoms with Crippen LogP contribution in [0.5, 0.6) is 0 Å². The lowest BCUT2D eigenvalue weighted by molar-refractivity contribution is 0.0696. The lowest BCUT2D eigenvalue weighted by atomic mass is 9.84. The summed E-state index contributed by atoms with van der Waals surface area (Å²) in [6.07, 6.45) is 2.29. The zero-order valence-corrected chi connectivity index (χ0v) is 13.7. The van der Waals surface area contributed by atoms with Crippen LogP contribution in [0.1, 0.15) is 45.7 Å². The van der Waals surface area contributed by atoms with Gasteiger partial charge in [0.15, 0.2) is 5.78 Å². The molecule has 2 N–H and O–H groups in total. The van der Waals surface area contributed by atoms with Gasteiger partial charge in [0.1, 0.15) is 0 Å². The molecule has 2 aromatic carbocycles. The molecule has 0 unspecified atom stereocenters. The van der Waals surface area contributed by atoms with Gasteiger partial charge in [0, 0.05) is 28.4 Å². The molecule has 1 aliphatic heterocycles. The molecule has 0 radical (unpaired) electrons. The van der Waals surface area contributed by atoms with Gasteiger partial charge in [0.2, 0.25) is 0 Å². The topological polar surface area (TPSA) is 66.4 Å². The number of ketones is 1. The average molecular weight is 321 g/mol. The van der Waals surface area contributed by atoms with Crippen LogP contribution in [0.3, 0.4) is 0 Å². The summed E-state index contributed by atoms with van der Waals surface area (Å²) in [5.74, 6) is -1.02. The maximum Gasteiger partial charge on any atom is 0.335 e. The minimum Gasteiger partial charge on any atom is -0.478 e. The number of rotatable bonds is 3. The largest absolute Gasteiger partial charge is 0.478 e. The monoisotopic (exact) mass is 321 g/mol. The van der Waals surface area contributed by atoms with Gasteiger partial charge in [-0.15, -0.1) is 0 Å². The summed E-state index contributed by atoms with van der Waals surface area (Å²) >= 11 is 0. The van der Waals surface area contributed by atoms with Crippen molar-refractivity contribution < 1.29 is 14.7 Å². The maximum absolute atomic E-state index is 12.5. The molecule has 0 saturated carbocycles. The number of nitrogens with one attached hydrogen (secondary N) is 1. The van der Waals surface area contributed by atoms with E-state index in [1.54, 1.807) is 36.4 Å². The van der Waals surface area contributed by atoms with Crippen molar-refractivity contribution in [2.75, 3.05) is 0 Å². The third kappa shape index (κ3) is 3.23. The number of carboxylic acid groups (broad SMARTS) is 1. The van der Waals surface area contributed by atoms with Gasteiger partial charge in [-0.2, -0.15) is 0 Å². The summed E-state index contributed by atoms with van der Waals surface area (Å²) in [7, 11) is 0. The number of hydrogen-bond acceptors (Lipinski definition) is 3. The van der Waals surface area contributed by atoms with Crippen molar-refractivity contribution in [2.45, 2.75) is 25.8 Å². The maximum atomic E-state index is 12.5. The van der Waals surface area contributed by atoms with Gasteiger partial charge in [-0.3, -0.25) is 4.79 Å². The molecule has 4 heteroatoms. The molecule has 0 aromatic heterocycles. The van der Waals surface area contributed by atoms with Gasteiger partial charge in [-0.25, -0.2) is 4.79 Å². The third-order valence-electron chi connectivity index (χ3n) is 4.08. The number of aromatic carboxylic acids is 1. The molecule has 2 aromatic rings. The molecule has 4 nitrogen and oxygen atoms in total. The van der Waals surface area contributed by atoms with Gasteiger partial charge < -0.3 is 10.4 Å². The lowest BCUT2D eigenvalue weighted by Crippen LogP contribution is -2.44. The first-order chi connectivity index (χ1) is 11.4. The van der Waals surface area contributed by atoms with Crippen molar-refractivity contribution >= 4 is 17.4 Å². The van der Waals surface area contributed by atoms with Crippen LogP contribution in [0.4, 0.5) is 0 Å². The summed E-state index contributed by atoms with van der Waals surface area (Å²) in [4.78, 5) is 23.7. The van der Waals surface area contributed by atoms with Crippen molar-refractivity contribution in [3.05, 3.63) is 76.9 Å². The van der Waals surface area contributed by atoms with Gasteiger partial charge in [0.25, 0.3) is 0 Å². The first kappa shape index (κ1) is 16.0. The Hall–Kier alpha value is -2.88. The van der Waals surface area contributed by atoms with Gasteiger partial charge in [-0.05, 0) is 38.0 Å². The predicted molar refractivity (Wildman–Crippen MR) is 93.1 cm³/mol. The molecule has 0 aliphatic carbocycles. The van der Waals surface area contributed by atoms with Crippen LogP contribution in [0.15, 0.2) is 54.6 Å². The highest BCUT2D eigenvalue weighted by Crippen LogP contribution is 2.30. The van der Waals surface area contributed by atoms with Crippen LogP contribution in [-0.2, 0) is 6.42 Å². The first-order valence-corrected chi connectivity index (χ1v) is 7.82. The van der Waals surface area contributed by atoms with E-state index in [-0.39, 0.29) is 16.9 Å². The highest BCUT2D eigenvalue weighted by atomic mass is 16.4. The highest BCUT2D eigenvalue weighted by molar-refractivity contribution is 6.08. The Bertz CT molecular complexity index is 835. The number of benzene rings is 2. The molecule has 0 fully saturated rings. The minimum absolute atomic E-state index is 0.0796. The fourth-order valence-corrected chi connectivity index (χ4v) is 3.02. The smallest absolute Gasteiger partial charge is 0.335 e. The molecular weight excluding hydrogens is 302 g/mol. The summed E-state index contributed by atoms with van der Waals surface area (Å²) in [5, 5.41) is 12.6. The van der Waals surface area contributed by atoms with E-state index >= 15 is 0 Å². The standard InChI is InChI=1S/C20H19NO3/c1-20(2)12-15-10-14(19(23)24)8-9-16(15)17(21-20)11-18(22)13-6-4-3-5-7-13/h3-11,21H,12H2,1-2H3,(H,23,24)/b17-11-. The molecular formula is C20H19NO3. The number of hydrogen-bond donors (Lipinski definition) is 2. The van der Waals surface area contributed by atoms with Crippen LogP contribution in [0, 0.1) is 0 Å². The second-order valence-electron chi connectivity index (χ2n) is 6.65. The Morgan fingerprint density at radius 2 is 1.79 bits per heavy atom. The SMILES string of the molecule is CC1(C)Cc2cc(C(=O)O)ccc2/C(=C/C(=O)c2ccccc2)N1. The molecule has 122 valence electrons. The Kier molecular flexibility index (Phi) is 3.97. The molecule has 0 saturated heterocycles. The Morgan fingerprint density at radius 3 is 2.46 bits per heavy atom. The van der Waals surface area contributed by atoms with Crippen LogP contribution in [-0.4, -0.2) is 22.4 Å². The van der Waals surface area contributed by atoms with E-state index in [2.05, 4.69) is 5.32 Å². The summed E-state index contributed by atoms with van der Waals surface area (Å²) in [6, 6.07) is 14.1. The summed E-state index contributed by atoms with van der Waals surface area (Å²) in [6.45, 7) is 4.06. The highest BCUT2D eigenvalue weighted by Gasteiger charge is 2.28. The van der Waals surface area contributed by atoms with Crippen LogP contribution < -0.4 is 5.32 Å². The Balaban J connectivity index is 2.05. The fourth-order valence-electron chi connectivity index (χ4n) is 3.02. The van der Waals surface area contributed by atoms with Gasteiger partial charge in [-0.1, -0.05) is 36.4 Å². The normalized spacial score (nSPS) is 17.0. The van der Waals surface area contributed by atoms with E-state index in [1.165, 1.54) is 0 Å². The molecule has 0 atom stereocenters. The Morgan fingerprint density at radius 1 is 1.08 bits per heavy atom. The number of carbonyl (C=O) groups excluding carboxylic acids is 1. The zero-order valence-electron chi connectivity index (χ0n) is 13.7. The molecule has 0 amide bonds. The van der Waals surface area contributed by atoms with Gasteiger partial charge in [0.05, 0.1) is 5.56 Å². The third-order valence-corrected chi connectivity index (χ3v) is 4.08. The molecule has 0 spiro atoms. The van der Waals surface area contributed by atoms with E-state index in [0.29, 0.717) is 12.0 Å². The van der Waals surface area contributed by atoms with Crippen LogP contribution in [0.25, 0.3) is 5.70 Å². The lowest BCUT2D eigenvalue weighted by Gasteiger charge is -2.35. The van der Waals surface area contributed by atoms with Crippen molar-refractivity contribution in [1.82, 2.24) is 5.32 Å². The average Bonchev–Trinajstić information content (AvgIpc) is 2.54. The van der Waals surface area contributed by atoms with E-state index in [0.717, 1.165) is 16.8 Å².